The molecule has 0 aliphatic heterocycles. The lowest BCUT2D eigenvalue weighted by molar-refractivity contribution is 0.412. The SMILES string of the molecule is CCCNCC(CCSCC)Cc1cccc(OC)c1. The molecule has 0 fully saturated rings. The van der Waals surface area contributed by atoms with Gasteiger partial charge in [-0.1, -0.05) is 26.0 Å². The molecular weight excluding hydrogens is 266 g/mol. The molecule has 0 aromatic heterocycles. The highest BCUT2D eigenvalue weighted by atomic mass is 32.2. The van der Waals surface area contributed by atoms with E-state index in [0.717, 1.165) is 25.3 Å². The van der Waals surface area contributed by atoms with Crippen molar-refractivity contribution >= 4 is 11.8 Å². The second-order valence-corrected chi connectivity index (χ2v) is 6.51. The Bertz CT molecular complexity index is 347. The van der Waals surface area contributed by atoms with E-state index in [4.69, 9.17) is 4.74 Å². The molecule has 0 spiro atoms. The van der Waals surface area contributed by atoms with Crippen LogP contribution in [-0.4, -0.2) is 31.7 Å². The molecule has 1 aromatic carbocycles. The molecule has 0 aliphatic carbocycles. The van der Waals surface area contributed by atoms with Gasteiger partial charge in [-0.15, -0.1) is 0 Å². The lowest BCUT2D eigenvalue weighted by Gasteiger charge is -2.18. The van der Waals surface area contributed by atoms with Crippen molar-refractivity contribution < 1.29 is 4.74 Å². The Labute approximate surface area is 128 Å². The van der Waals surface area contributed by atoms with Gasteiger partial charge in [0.05, 0.1) is 7.11 Å². The van der Waals surface area contributed by atoms with E-state index in [1.54, 1.807) is 7.11 Å². The van der Waals surface area contributed by atoms with E-state index in [0.29, 0.717) is 5.92 Å². The van der Waals surface area contributed by atoms with Crippen molar-refractivity contribution in [2.45, 2.75) is 33.1 Å². The number of hydrogen-bond donors (Lipinski definition) is 1. The smallest absolute Gasteiger partial charge is 0.119 e. The van der Waals surface area contributed by atoms with E-state index in [-0.39, 0.29) is 0 Å². The maximum atomic E-state index is 5.31. The number of rotatable bonds is 11. The molecule has 0 amide bonds. The van der Waals surface area contributed by atoms with Crippen molar-refractivity contribution in [1.82, 2.24) is 5.32 Å². The molecule has 0 bridgehead atoms. The van der Waals surface area contributed by atoms with Crippen LogP contribution in [0.1, 0.15) is 32.3 Å². The summed E-state index contributed by atoms with van der Waals surface area (Å²) in [4.78, 5) is 0. The van der Waals surface area contributed by atoms with Crippen molar-refractivity contribution in [3.05, 3.63) is 29.8 Å². The third-order valence-electron chi connectivity index (χ3n) is 3.39. The number of hydrogen-bond acceptors (Lipinski definition) is 3. The van der Waals surface area contributed by atoms with Crippen LogP contribution in [0.25, 0.3) is 0 Å². The van der Waals surface area contributed by atoms with E-state index < -0.39 is 0 Å². The van der Waals surface area contributed by atoms with E-state index >= 15 is 0 Å². The molecule has 1 atom stereocenters. The van der Waals surface area contributed by atoms with Gasteiger partial charge in [0.2, 0.25) is 0 Å². The van der Waals surface area contributed by atoms with Crippen molar-refractivity contribution in [3.8, 4) is 5.75 Å². The van der Waals surface area contributed by atoms with Crippen LogP contribution in [0.2, 0.25) is 0 Å². The molecule has 0 saturated heterocycles. The molecule has 1 aromatic rings. The fourth-order valence-corrected chi connectivity index (χ4v) is 3.08. The van der Waals surface area contributed by atoms with Crippen molar-refractivity contribution in [3.63, 3.8) is 0 Å². The van der Waals surface area contributed by atoms with Gasteiger partial charge in [0.1, 0.15) is 5.75 Å². The summed E-state index contributed by atoms with van der Waals surface area (Å²) in [7, 11) is 1.73. The monoisotopic (exact) mass is 295 g/mol. The zero-order chi connectivity index (χ0) is 14.6. The van der Waals surface area contributed by atoms with Gasteiger partial charge in [0, 0.05) is 0 Å². The van der Waals surface area contributed by atoms with Crippen molar-refractivity contribution in [2.75, 3.05) is 31.7 Å². The highest BCUT2D eigenvalue weighted by Crippen LogP contribution is 2.19. The summed E-state index contributed by atoms with van der Waals surface area (Å²) < 4.78 is 5.31. The summed E-state index contributed by atoms with van der Waals surface area (Å²) in [6.45, 7) is 6.69. The van der Waals surface area contributed by atoms with Crippen molar-refractivity contribution in [2.24, 2.45) is 5.92 Å². The Morgan fingerprint density at radius 2 is 2.15 bits per heavy atom. The Balaban J connectivity index is 2.51. The second kappa shape index (κ2) is 11.0. The summed E-state index contributed by atoms with van der Waals surface area (Å²) >= 11 is 2.04. The standard InChI is InChI=1S/C17H29NOS/c1-4-10-18-14-16(9-11-20-5-2)12-15-7-6-8-17(13-15)19-3/h6-8,13,16,18H,4-5,9-12,14H2,1-3H3. The van der Waals surface area contributed by atoms with Gasteiger partial charge in [0.25, 0.3) is 0 Å². The number of thioether (sulfide) groups is 1. The topological polar surface area (TPSA) is 21.3 Å². The minimum absolute atomic E-state index is 0.715. The molecule has 20 heavy (non-hydrogen) atoms. The van der Waals surface area contributed by atoms with Gasteiger partial charge in [-0.3, -0.25) is 0 Å². The van der Waals surface area contributed by atoms with Crippen LogP contribution in [0.5, 0.6) is 5.75 Å². The molecule has 114 valence electrons. The number of methoxy groups -OCH3 is 1. The lowest BCUT2D eigenvalue weighted by atomic mass is 9.96. The third-order valence-corrected chi connectivity index (χ3v) is 4.33. The summed E-state index contributed by atoms with van der Waals surface area (Å²) in [5.74, 6) is 4.16. The quantitative estimate of drug-likeness (QED) is 0.624. The second-order valence-electron chi connectivity index (χ2n) is 5.11. The molecular formula is C17H29NOS. The first kappa shape index (κ1) is 17.4. The Morgan fingerprint density at radius 1 is 1.30 bits per heavy atom. The average molecular weight is 295 g/mol. The van der Waals surface area contributed by atoms with E-state index in [1.165, 1.54) is 29.9 Å². The molecule has 1 unspecified atom stereocenters. The normalized spacial score (nSPS) is 12.3. The van der Waals surface area contributed by atoms with Gasteiger partial charge in [0.15, 0.2) is 0 Å². The van der Waals surface area contributed by atoms with E-state index in [2.05, 4.69) is 37.4 Å². The van der Waals surface area contributed by atoms with Crippen LogP contribution in [0.4, 0.5) is 0 Å². The van der Waals surface area contributed by atoms with Crippen molar-refractivity contribution in [1.29, 1.82) is 0 Å². The molecule has 0 radical (unpaired) electrons. The molecule has 0 aliphatic rings. The predicted octanol–water partition coefficient (Wildman–Crippen LogP) is 4.00. The summed E-state index contributed by atoms with van der Waals surface area (Å²) in [5, 5.41) is 3.57. The van der Waals surface area contributed by atoms with Crippen LogP contribution in [0.15, 0.2) is 24.3 Å². The zero-order valence-corrected chi connectivity index (χ0v) is 14.0. The van der Waals surface area contributed by atoms with Gasteiger partial charge < -0.3 is 10.1 Å². The van der Waals surface area contributed by atoms with Crippen LogP contribution in [0, 0.1) is 5.92 Å². The average Bonchev–Trinajstić information content (AvgIpc) is 2.47. The molecule has 3 heteroatoms. The highest BCUT2D eigenvalue weighted by Gasteiger charge is 2.10. The van der Waals surface area contributed by atoms with Crippen LogP contribution < -0.4 is 10.1 Å². The van der Waals surface area contributed by atoms with Gasteiger partial charge in [-0.2, -0.15) is 11.8 Å². The van der Waals surface area contributed by atoms with Gasteiger partial charge in [-0.05, 0) is 67.5 Å². The first-order valence-electron chi connectivity index (χ1n) is 7.71. The Kier molecular flexibility index (Phi) is 9.60. The minimum Gasteiger partial charge on any atom is -0.497 e. The summed E-state index contributed by atoms with van der Waals surface area (Å²) in [5.41, 5.74) is 1.38. The van der Waals surface area contributed by atoms with Gasteiger partial charge in [-0.25, -0.2) is 0 Å². The lowest BCUT2D eigenvalue weighted by Crippen LogP contribution is -2.25. The molecule has 2 nitrogen and oxygen atoms in total. The summed E-state index contributed by atoms with van der Waals surface area (Å²) in [6, 6.07) is 8.48. The first-order valence-corrected chi connectivity index (χ1v) is 8.87. The Hall–Kier alpha value is -0.670. The molecule has 1 rings (SSSR count). The third kappa shape index (κ3) is 7.20. The van der Waals surface area contributed by atoms with E-state index in [9.17, 15) is 0 Å². The zero-order valence-electron chi connectivity index (χ0n) is 13.2. The van der Waals surface area contributed by atoms with Crippen LogP contribution in [-0.2, 0) is 6.42 Å². The number of ether oxygens (including phenoxy) is 1. The molecule has 0 saturated carbocycles. The summed E-state index contributed by atoms with van der Waals surface area (Å²) in [6.07, 6.45) is 3.63. The fourth-order valence-electron chi connectivity index (χ4n) is 2.29. The Morgan fingerprint density at radius 3 is 2.85 bits per heavy atom. The van der Waals surface area contributed by atoms with E-state index in [1.807, 2.05) is 17.8 Å². The van der Waals surface area contributed by atoms with Crippen LogP contribution in [0.3, 0.4) is 0 Å². The molecule has 0 heterocycles. The largest absolute Gasteiger partial charge is 0.497 e. The molecule has 1 N–H and O–H groups in total. The predicted molar refractivity (Wildman–Crippen MR) is 91.0 cm³/mol. The minimum atomic E-state index is 0.715. The number of benzene rings is 1. The highest BCUT2D eigenvalue weighted by molar-refractivity contribution is 7.99. The first-order chi connectivity index (χ1) is 9.80. The number of nitrogens with one attached hydrogen (secondary N) is 1. The maximum absolute atomic E-state index is 5.31. The fraction of sp³-hybridized carbons (Fsp3) is 0.647. The van der Waals surface area contributed by atoms with Gasteiger partial charge >= 0.3 is 0 Å². The maximum Gasteiger partial charge on any atom is 0.119 e. The van der Waals surface area contributed by atoms with Crippen LogP contribution >= 0.6 is 11.8 Å².